The number of nitrogens with zero attached hydrogens (tertiary/aromatic N) is 4. The topological polar surface area (TPSA) is 90.0 Å². The minimum atomic E-state index is -0.395. The zero-order valence-electron chi connectivity index (χ0n) is 23.6. The number of non-ortho nitro benzene ring substituents is 1. The highest BCUT2D eigenvalue weighted by atomic mass is 32.2. The van der Waals surface area contributed by atoms with Gasteiger partial charge in [0.1, 0.15) is 5.75 Å². The Morgan fingerprint density at radius 3 is 2.23 bits per heavy atom. The van der Waals surface area contributed by atoms with Gasteiger partial charge < -0.3 is 9.30 Å². The third-order valence-electron chi connectivity index (χ3n) is 7.41. The summed E-state index contributed by atoms with van der Waals surface area (Å²) in [4.78, 5) is 31.8. The number of thioether (sulfide) groups is 1. The maximum atomic E-state index is 13.9. The molecule has 4 aromatic carbocycles. The van der Waals surface area contributed by atoms with Crippen LogP contribution in [0.3, 0.4) is 0 Å². The maximum Gasteiger partial charge on any atom is 0.269 e. The molecule has 0 unspecified atom stereocenters. The smallest absolute Gasteiger partial charge is 0.269 e. The summed E-state index contributed by atoms with van der Waals surface area (Å²) in [6.45, 7) is 2.95. The molecule has 0 atom stereocenters. The van der Waals surface area contributed by atoms with E-state index in [-0.39, 0.29) is 11.6 Å². The van der Waals surface area contributed by atoms with Gasteiger partial charge in [-0.15, -0.1) is 0 Å². The van der Waals surface area contributed by atoms with Crippen molar-refractivity contribution in [2.45, 2.75) is 20.0 Å². The van der Waals surface area contributed by atoms with Gasteiger partial charge in [-0.2, -0.15) is 0 Å². The fraction of sp³-hybridized carbons (Fsp3) is 0.118. The molecule has 1 aromatic heterocycles. The lowest BCUT2D eigenvalue weighted by molar-refractivity contribution is -0.384. The fourth-order valence-electron chi connectivity index (χ4n) is 5.14. The second-order valence-corrected chi connectivity index (χ2v) is 11.1. The molecule has 1 fully saturated rings. The highest BCUT2D eigenvalue weighted by Gasteiger charge is 2.34. The Labute approximate surface area is 253 Å². The monoisotopic (exact) mass is 588 g/mol. The Balaban J connectivity index is 1.38. The van der Waals surface area contributed by atoms with Gasteiger partial charge >= 0.3 is 0 Å². The number of para-hydroxylation sites is 2. The molecular formula is C34H28N4O4S. The number of aromatic nitrogens is 1. The average Bonchev–Trinajstić information content (AvgIpc) is 3.46. The molecule has 1 aliphatic rings. The van der Waals surface area contributed by atoms with Crippen molar-refractivity contribution in [1.82, 2.24) is 9.47 Å². The number of benzene rings is 4. The molecule has 1 saturated heterocycles. The number of nitro benzene ring substituents is 1. The lowest BCUT2D eigenvalue weighted by atomic mass is 10.1. The van der Waals surface area contributed by atoms with Crippen LogP contribution in [0.4, 0.5) is 11.4 Å². The molecule has 9 heteroatoms. The van der Waals surface area contributed by atoms with E-state index in [4.69, 9.17) is 9.73 Å². The second-order valence-electron chi connectivity index (χ2n) is 10.1. The third-order valence-corrected chi connectivity index (χ3v) is 8.42. The Morgan fingerprint density at radius 1 is 0.884 bits per heavy atom. The quantitative estimate of drug-likeness (QED) is 0.105. The van der Waals surface area contributed by atoms with Crippen molar-refractivity contribution in [3.05, 3.63) is 141 Å². The largest absolute Gasteiger partial charge is 0.497 e. The van der Waals surface area contributed by atoms with Crippen LogP contribution in [0, 0.1) is 17.0 Å². The van der Waals surface area contributed by atoms with Crippen molar-refractivity contribution in [3.63, 3.8) is 0 Å². The van der Waals surface area contributed by atoms with Gasteiger partial charge in [0.2, 0.25) is 0 Å². The van der Waals surface area contributed by atoms with Crippen LogP contribution in [0.2, 0.25) is 0 Å². The van der Waals surface area contributed by atoms with E-state index in [0.717, 1.165) is 44.7 Å². The Hall–Kier alpha value is -5.15. The first-order valence-electron chi connectivity index (χ1n) is 13.7. The summed E-state index contributed by atoms with van der Waals surface area (Å²) in [5, 5.41) is 12.8. The number of carbonyl (C=O) groups is 1. The number of carbonyl (C=O) groups excluding carboxylic acids is 1. The van der Waals surface area contributed by atoms with Crippen LogP contribution in [0.25, 0.3) is 17.0 Å². The van der Waals surface area contributed by atoms with Crippen molar-refractivity contribution in [3.8, 4) is 5.75 Å². The molecular weight excluding hydrogens is 560 g/mol. The number of methoxy groups -OCH3 is 1. The summed E-state index contributed by atoms with van der Waals surface area (Å²) in [5.74, 6) is 0.646. The summed E-state index contributed by atoms with van der Waals surface area (Å²) in [6, 6.07) is 32.0. The summed E-state index contributed by atoms with van der Waals surface area (Å²) >= 11 is 1.37. The first-order chi connectivity index (χ1) is 20.9. The van der Waals surface area contributed by atoms with Crippen molar-refractivity contribution >= 4 is 51.2 Å². The molecule has 0 aliphatic carbocycles. The normalized spacial score (nSPS) is 15.1. The van der Waals surface area contributed by atoms with Gasteiger partial charge in [-0.3, -0.25) is 19.8 Å². The fourth-order valence-corrected chi connectivity index (χ4v) is 6.12. The van der Waals surface area contributed by atoms with E-state index in [0.29, 0.717) is 23.2 Å². The molecule has 0 N–H and O–H groups in total. The number of aliphatic imine (C=N–C) groups is 1. The molecule has 0 radical (unpaired) electrons. The number of ether oxygens (including phenoxy) is 1. The Bertz CT molecular complexity index is 1880. The first kappa shape index (κ1) is 28.0. The minimum Gasteiger partial charge on any atom is -0.497 e. The number of hydrogen-bond acceptors (Lipinski definition) is 6. The highest BCUT2D eigenvalue weighted by Crippen LogP contribution is 2.38. The Kier molecular flexibility index (Phi) is 7.81. The lowest BCUT2D eigenvalue weighted by Gasteiger charge is -2.16. The zero-order chi connectivity index (χ0) is 29.9. The number of fused-ring (bicyclic) bond motifs is 1. The van der Waals surface area contributed by atoms with Crippen LogP contribution in [0.5, 0.6) is 5.75 Å². The van der Waals surface area contributed by atoms with Crippen LogP contribution in [-0.2, 0) is 17.9 Å². The first-order valence-corrected chi connectivity index (χ1v) is 14.5. The lowest BCUT2D eigenvalue weighted by Crippen LogP contribution is -2.28. The van der Waals surface area contributed by atoms with Crippen LogP contribution in [0.1, 0.15) is 22.4 Å². The molecule has 0 bridgehead atoms. The molecule has 1 aliphatic heterocycles. The van der Waals surface area contributed by atoms with E-state index >= 15 is 0 Å². The number of amidine groups is 1. The molecule has 43 heavy (non-hydrogen) atoms. The van der Waals surface area contributed by atoms with Gasteiger partial charge in [0.05, 0.1) is 29.2 Å². The van der Waals surface area contributed by atoms with Crippen LogP contribution in [0.15, 0.2) is 113 Å². The van der Waals surface area contributed by atoms with Crippen molar-refractivity contribution in [1.29, 1.82) is 0 Å². The van der Waals surface area contributed by atoms with Gasteiger partial charge in [-0.25, -0.2) is 4.99 Å². The van der Waals surface area contributed by atoms with Gasteiger partial charge in [0, 0.05) is 40.8 Å². The molecule has 1 amide bonds. The molecule has 0 saturated carbocycles. The van der Waals surface area contributed by atoms with Crippen LogP contribution >= 0.6 is 11.8 Å². The number of amides is 1. The van der Waals surface area contributed by atoms with E-state index in [9.17, 15) is 14.9 Å². The van der Waals surface area contributed by atoms with Crippen molar-refractivity contribution in [2.75, 3.05) is 7.11 Å². The average molecular weight is 589 g/mol. The van der Waals surface area contributed by atoms with Gasteiger partial charge in [0.25, 0.3) is 11.6 Å². The van der Waals surface area contributed by atoms with Crippen LogP contribution < -0.4 is 4.74 Å². The zero-order valence-corrected chi connectivity index (χ0v) is 24.5. The van der Waals surface area contributed by atoms with E-state index in [2.05, 4.69) is 16.7 Å². The number of nitro groups is 1. The molecule has 6 rings (SSSR count). The van der Waals surface area contributed by atoms with E-state index in [1.54, 1.807) is 24.1 Å². The van der Waals surface area contributed by atoms with Gasteiger partial charge in [-0.1, -0.05) is 60.7 Å². The van der Waals surface area contributed by atoms with Crippen molar-refractivity contribution in [2.24, 2.45) is 4.99 Å². The summed E-state index contributed by atoms with van der Waals surface area (Å²) in [6.07, 6.45) is 1.96. The SMILES string of the molecule is COc1ccc(CN2C(=O)C(=Cc3c(C)n(Cc4ccc([N+](=O)[O-])cc4)c4ccccc34)SC2=Nc2ccccc2)cc1. The van der Waals surface area contributed by atoms with Crippen molar-refractivity contribution < 1.29 is 14.5 Å². The molecule has 8 nitrogen and oxygen atoms in total. The maximum absolute atomic E-state index is 13.9. The highest BCUT2D eigenvalue weighted by molar-refractivity contribution is 8.18. The van der Waals surface area contributed by atoms with Crippen LogP contribution in [-0.4, -0.2) is 32.6 Å². The van der Waals surface area contributed by atoms with E-state index in [1.807, 2.05) is 79.7 Å². The van der Waals surface area contributed by atoms with E-state index < -0.39 is 4.92 Å². The second kappa shape index (κ2) is 12.0. The third kappa shape index (κ3) is 5.80. The number of rotatable bonds is 8. The molecule has 5 aromatic rings. The number of hydrogen-bond donors (Lipinski definition) is 0. The summed E-state index contributed by atoms with van der Waals surface area (Å²) in [7, 11) is 1.63. The predicted octanol–water partition coefficient (Wildman–Crippen LogP) is 7.72. The standard InChI is InChI=1S/C34H28N4O4S/c1-23-30(29-10-6-7-11-31(29)36(23)21-24-12-16-27(17-13-24)38(40)41)20-32-33(39)37(22-25-14-18-28(42-2)19-15-25)34(43-32)35-26-8-4-3-5-9-26/h3-20H,21-22H2,1-2H3. The molecule has 2 heterocycles. The van der Waals surface area contributed by atoms with Gasteiger partial charge in [-0.05, 0) is 66.2 Å². The summed E-state index contributed by atoms with van der Waals surface area (Å²) in [5.41, 5.74) is 5.72. The molecule has 214 valence electrons. The minimum absolute atomic E-state index is 0.0622. The Morgan fingerprint density at radius 2 is 1.53 bits per heavy atom. The predicted molar refractivity (Wildman–Crippen MR) is 172 cm³/mol. The molecule has 0 spiro atoms. The van der Waals surface area contributed by atoms with Gasteiger partial charge in [0.15, 0.2) is 5.17 Å². The summed E-state index contributed by atoms with van der Waals surface area (Å²) < 4.78 is 7.48. The van der Waals surface area contributed by atoms with E-state index in [1.165, 1.54) is 23.9 Å².